The number of ether oxygens (including phenoxy) is 1. The molecule has 1 amide bonds. The van der Waals surface area contributed by atoms with Crippen molar-refractivity contribution in [3.63, 3.8) is 0 Å². The van der Waals surface area contributed by atoms with Crippen molar-refractivity contribution in [2.45, 2.75) is 12.8 Å². The molecule has 0 bridgehead atoms. The van der Waals surface area contributed by atoms with Crippen LogP contribution >= 0.6 is 11.6 Å². The van der Waals surface area contributed by atoms with Gasteiger partial charge in [-0.05, 0) is 25.0 Å². The molecule has 0 radical (unpaired) electrons. The number of aryl methyl sites for hydroxylation is 1. The number of halogens is 1. The van der Waals surface area contributed by atoms with E-state index in [9.17, 15) is 4.79 Å². The summed E-state index contributed by atoms with van der Waals surface area (Å²) in [6.45, 7) is 2.04. The molecular weight excluding hydrogens is 314 g/mol. The lowest BCUT2D eigenvalue weighted by Crippen LogP contribution is -2.41. The van der Waals surface area contributed by atoms with Gasteiger partial charge in [0.05, 0.1) is 18.0 Å². The molecule has 3 rings (SSSR count). The fourth-order valence-electron chi connectivity index (χ4n) is 2.84. The summed E-state index contributed by atoms with van der Waals surface area (Å²) in [5.41, 5.74) is 0.500. The van der Waals surface area contributed by atoms with E-state index in [1.807, 2.05) is 36.2 Å². The van der Waals surface area contributed by atoms with Crippen LogP contribution in [0.2, 0.25) is 5.02 Å². The maximum absolute atomic E-state index is 12.5. The Hall–Kier alpha value is -2.01. The van der Waals surface area contributed by atoms with E-state index >= 15 is 0 Å². The predicted molar refractivity (Wildman–Crippen MR) is 88.8 cm³/mol. The van der Waals surface area contributed by atoms with Crippen LogP contribution in [0.25, 0.3) is 0 Å². The number of amides is 1. The molecule has 2 aromatic rings. The molecule has 1 aliphatic heterocycles. The molecule has 1 fully saturated rings. The third-order valence-electron chi connectivity index (χ3n) is 4.04. The zero-order valence-electron chi connectivity index (χ0n) is 13.1. The molecule has 122 valence electrons. The Kier molecular flexibility index (Phi) is 4.86. The highest BCUT2D eigenvalue weighted by atomic mass is 35.5. The largest absolute Gasteiger partial charge is 0.492 e. The van der Waals surface area contributed by atoms with Crippen LogP contribution in [0.1, 0.15) is 23.3 Å². The van der Waals surface area contributed by atoms with E-state index in [2.05, 4.69) is 4.98 Å². The van der Waals surface area contributed by atoms with Crippen molar-refractivity contribution in [1.82, 2.24) is 14.5 Å². The van der Waals surface area contributed by atoms with Crippen LogP contribution < -0.4 is 4.74 Å². The molecule has 1 unspecified atom stereocenters. The van der Waals surface area contributed by atoms with E-state index < -0.39 is 0 Å². The van der Waals surface area contributed by atoms with Crippen molar-refractivity contribution in [2.75, 3.05) is 19.7 Å². The molecule has 0 saturated carbocycles. The summed E-state index contributed by atoms with van der Waals surface area (Å²) in [7, 11) is 1.86. The number of imidazole rings is 1. The van der Waals surface area contributed by atoms with Gasteiger partial charge in [0.15, 0.2) is 0 Å². The van der Waals surface area contributed by atoms with E-state index in [1.54, 1.807) is 17.1 Å². The highest BCUT2D eigenvalue weighted by molar-refractivity contribution is 6.32. The van der Waals surface area contributed by atoms with Crippen molar-refractivity contribution in [3.05, 3.63) is 47.5 Å². The second-order valence-electron chi connectivity index (χ2n) is 5.93. The monoisotopic (exact) mass is 333 g/mol. The second kappa shape index (κ2) is 7.04. The van der Waals surface area contributed by atoms with Gasteiger partial charge in [-0.2, -0.15) is 0 Å². The van der Waals surface area contributed by atoms with Gasteiger partial charge in [0.1, 0.15) is 11.4 Å². The molecule has 0 N–H and O–H groups in total. The fourth-order valence-corrected chi connectivity index (χ4v) is 3.03. The van der Waals surface area contributed by atoms with Gasteiger partial charge in [-0.15, -0.1) is 0 Å². The molecule has 0 aliphatic carbocycles. The Morgan fingerprint density at radius 3 is 3.00 bits per heavy atom. The maximum atomic E-state index is 12.5. The average Bonchev–Trinajstić information content (AvgIpc) is 3.00. The van der Waals surface area contributed by atoms with E-state index in [1.165, 1.54) is 0 Å². The number of aromatic nitrogens is 2. The quantitative estimate of drug-likeness (QED) is 0.864. The van der Waals surface area contributed by atoms with E-state index in [0.29, 0.717) is 35.5 Å². The standard InChI is InChI=1S/C17H20ClN3O2/c1-20-10-15(19-12-20)17(22)21-8-4-5-13(9-21)11-23-16-7-3-2-6-14(16)18/h2-3,6-7,10,12-13H,4-5,8-9,11H2,1H3. The first-order valence-corrected chi connectivity index (χ1v) is 8.16. The molecule has 6 heteroatoms. The molecular formula is C17H20ClN3O2. The predicted octanol–water partition coefficient (Wildman–Crippen LogP) is 3.00. The van der Waals surface area contributed by atoms with Crippen LogP contribution in [-0.4, -0.2) is 40.1 Å². The van der Waals surface area contributed by atoms with Crippen LogP contribution in [0.4, 0.5) is 0 Å². The summed E-state index contributed by atoms with van der Waals surface area (Å²) in [4.78, 5) is 18.5. The summed E-state index contributed by atoms with van der Waals surface area (Å²) in [5.74, 6) is 1.00. The Labute approximate surface area is 140 Å². The number of carbonyl (C=O) groups excluding carboxylic acids is 1. The second-order valence-corrected chi connectivity index (χ2v) is 6.33. The van der Waals surface area contributed by atoms with Crippen molar-refractivity contribution in [2.24, 2.45) is 13.0 Å². The lowest BCUT2D eigenvalue weighted by atomic mass is 9.98. The minimum Gasteiger partial charge on any atom is -0.492 e. The molecule has 1 saturated heterocycles. The SMILES string of the molecule is Cn1cnc(C(=O)N2CCCC(COc3ccccc3Cl)C2)c1. The zero-order valence-corrected chi connectivity index (χ0v) is 13.9. The number of carbonyl (C=O) groups is 1. The van der Waals surface area contributed by atoms with Gasteiger partial charge in [-0.3, -0.25) is 4.79 Å². The highest BCUT2D eigenvalue weighted by Gasteiger charge is 2.26. The number of piperidine rings is 1. The van der Waals surface area contributed by atoms with Crippen molar-refractivity contribution < 1.29 is 9.53 Å². The van der Waals surface area contributed by atoms with E-state index in [-0.39, 0.29) is 5.91 Å². The Morgan fingerprint density at radius 2 is 2.26 bits per heavy atom. The van der Waals surface area contributed by atoms with Gasteiger partial charge in [0, 0.05) is 32.3 Å². The number of nitrogens with zero attached hydrogens (tertiary/aromatic N) is 3. The van der Waals surface area contributed by atoms with Crippen molar-refractivity contribution in [1.29, 1.82) is 0 Å². The van der Waals surface area contributed by atoms with Gasteiger partial charge in [0.2, 0.25) is 0 Å². The normalized spacial score (nSPS) is 18.0. The van der Waals surface area contributed by atoms with E-state index in [4.69, 9.17) is 16.3 Å². The maximum Gasteiger partial charge on any atom is 0.274 e. The van der Waals surface area contributed by atoms with Gasteiger partial charge < -0.3 is 14.2 Å². The van der Waals surface area contributed by atoms with Crippen LogP contribution in [0, 0.1) is 5.92 Å². The molecule has 1 aromatic heterocycles. The average molecular weight is 334 g/mol. The van der Waals surface area contributed by atoms with Crippen molar-refractivity contribution in [3.8, 4) is 5.75 Å². The van der Waals surface area contributed by atoms with Gasteiger partial charge in [-0.1, -0.05) is 23.7 Å². The molecule has 1 aromatic carbocycles. The molecule has 5 nitrogen and oxygen atoms in total. The Morgan fingerprint density at radius 1 is 1.43 bits per heavy atom. The molecule has 0 spiro atoms. The number of para-hydroxylation sites is 1. The summed E-state index contributed by atoms with van der Waals surface area (Å²) in [6.07, 6.45) is 5.44. The van der Waals surface area contributed by atoms with Gasteiger partial charge >= 0.3 is 0 Å². The Balaban J connectivity index is 1.58. The summed E-state index contributed by atoms with van der Waals surface area (Å²) >= 11 is 6.10. The number of rotatable bonds is 4. The Bertz CT molecular complexity index is 686. The van der Waals surface area contributed by atoms with Crippen LogP contribution in [0.3, 0.4) is 0 Å². The third-order valence-corrected chi connectivity index (χ3v) is 4.35. The molecule has 2 heterocycles. The molecule has 1 atom stereocenters. The lowest BCUT2D eigenvalue weighted by molar-refractivity contribution is 0.0628. The highest BCUT2D eigenvalue weighted by Crippen LogP contribution is 2.25. The number of likely N-dealkylation sites (tertiary alicyclic amines) is 1. The first-order valence-electron chi connectivity index (χ1n) is 7.78. The van der Waals surface area contributed by atoms with Crippen molar-refractivity contribution >= 4 is 17.5 Å². The zero-order chi connectivity index (χ0) is 16.2. The number of hydrogen-bond donors (Lipinski definition) is 0. The first kappa shape index (κ1) is 15.9. The first-order chi connectivity index (χ1) is 11.1. The number of hydrogen-bond acceptors (Lipinski definition) is 3. The van der Waals surface area contributed by atoms with E-state index in [0.717, 1.165) is 19.4 Å². The summed E-state index contributed by atoms with van der Waals surface area (Å²) < 4.78 is 7.61. The van der Waals surface area contributed by atoms with Crippen LogP contribution in [0.15, 0.2) is 36.8 Å². The van der Waals surface area contributed by atoms with Crippen LogP contribution in [-0.2, 0) is 7.05 Å². The minimum absolute atomic E-state index is 0.00644. The smallest absolute Gasteiger partial charge is 0.274 e. The fraction of sp³-hybridized carbons (Fsp3) is 0.412. The molecule has 1 aliphatic rings. The molecule has 23 heavy (non-hydrogen) atoms. The lowest BCUT2D eigenvalue weighted by Gasteiger charge is -2.32. The van der Waals surface area contributed by atoms with Gasteiger partial charge in [-0.25, -0.2) is 4.98 Å². The number of benzene rings is 1. The van der Waals surface area contributed by atoms with Gasteiger partial charge in [0.25, 0.3) is 5.91 Å². The van der Waals surface area contributed by atoms with Crippen LogP contribution in [0.5, 0.6) is 5.75 Å². The topological polar surface area (TPSA) is 47.4 Å². The summed E-state index contributed by atoms with van der Waals surface area (Å²) in [6, 6.07) is 7.46. The minimum atomic E-state index is -0.00644. The summed E-state index contributed by atoms with van der Waals surface area (Å²) in [5, 5.41) is 0.615. The third kappa shape index (κ3) is 3.85.